The van der Waals surface area contributed by atoms with E-state index in [1.54, 1.807) is 25.3 Å². The van der Waals surface area contributed by atoms with Crippen LogP contribution in [-0.2, 0) is 4.74 Å². The maximum atomic E-state index is 12.3. The van der Waals surface area contributed by atoms with Gasteiger partial charge in [-0.05, 0) is 31.2 Å². The summed E-state index contributed by atoms with van der Waals surface area (Å²) >= 11 is 0. The van der Waals surface area contributed by atoms with Gasteiger partial charge in [0.15, 0.2) is 0 Å². The number of carbonyl (C=O) groups excluding carboxylic acids is 1. The minimum atomic E-state index is -0.633. The fourth-order valence-electron chi connectivity index (χ4n) is 2.19. The predicted octanol–water partition coefficient (Wildman–Crippen LogP) is 2.25. The van der Waals surface area contributed by atoms with Crippen LogP contribution in [0.2, 0.25) is 0 Å². The number of fused-ring (bicyclic) bond motifs is 3. The number of ether oxygens (including phenoxy) is 1. The lowest BCUT2D eigenvalue weighted by Crippen LogP contribution is -2.18. The molecule has 20 heavy (non-hydrogen) atoms. The van der Waals surface area contributed by atoms with E-state index < -0.39 is 5.97 Å². The minimum Gasteiger partial charge on any atom is -0.462 e. The van der Waals surface area contributed by atoms with Crippen molar-refractivity contribution in [3.05, 3.63) is 52.4 Å². The third-order valence-corrected chi connectivity index (χ3v) is 3.12. The van der Waals surface area contributed by atoms with Crippen molar-refractivity contribution in [3.8, 4) is 0 Å². The van der Waals surface area contributed by atoms with Crippen molar-refractivity contribution in [1.29, 1.82) is 0 Å². The molecule has 0 saturated heterocycles. The Hall–Kier alpha value is -2.69. The molecule has 0 aliphatic rings. The van der Waals surface area contributed by atoms with E-state index in [9.17, 15) is 9.59 Å². The van der Waals surface area contributed by atoms with Gasteiger partial charge in [0.05, 0.1) is 12.1 Å². The molecule has 0 atom stereocenters. The molecule has 1 aromatic carbocycles. The summed E-state index contributed by atoms with van der Waals surface area (Å²) in [4.78, 5) is 31.4. The van der Waals surface area contributed by atoms with E-state index in [1.807, 2.05) is 12.1 Å². The second kappa shape index (κ2) is 4.77. The highest BCUT2D eigenvalue weighted by molar-refractivity contribution is 6.05. The molecule has 0 bridgehead atoms. The number of hydrogen-bond acceptors (Lipinski definition) is 4. The molecule has 5 heteroatoms. The number of aromatic nitrogens is 2. The number of hydrogen-bond donors (Lipinski definition) is 1. The average molecular weight is 268 g/mol. The summed E-state index contributed by atoms with van der Waals surface area (Å²) < 4.78 is 4.86. The summed E-state index contributed by atoms with van der Waals surface area (Å²) in [6.45, 7) is 1.92. The van der Waals surface area contributed by atoms with E-state index >= 15 is 0 Å². The van der Waals surface area contributed by atoms with Gasteiger partial charge in [-0.3, -0.25) is 9.78 Å². The van der Waals surface area contributed by atoms with E-state index in [2.05, 4.69) is 9.97 Å². The molecule has 0 saturated carbocycles. The van der Waals surface area contributed by atoms with E-state index in [4.69, 9.17) is 4.74 Å². The van der Waals surface area contributed by atoms with Crippen molar-refractivity contribution in [2.24, 2.45) is 0 Å². The molecule has 3 aromatic rings. The number of esters is 1. The first-order valence-corrected chi connectivity index (χ1v) is 6.28. The first-order chi connectivity index (χ1) is 9.72. The Morgan fingerprint density at radius 3 is 2.95 bits per heavy atom. The number of pyridine rings is 2. The van der Waals surface area contributed by atoms with Crippen LogP contribution in [0.5, 0.6) is 0 Å². The van der Waals surface area contributed by atoms with Crippen molar-refractivity contribution in [1.82, 2.24) is 9.97 Å². The molecular weight excluding hydrogens is 256 g/mol. The Morgan fingerprint density at radius 1 is 1.30 bits per heavy atom. The number of benzene rings is 1. The molecule has 2 heterocycles. The highest BCUT2D eigenvalue weighted by Gasteiger charge is 2.15. The van der Waals surface area contributed by atoms with Crippen LogP contribution in [0.1, 0.15) is 17.3 Å². The second-order valence-electron chi connectivity index (χ2n) is 4.31. The standard InChI is InChI=1S/C15H12N2O3/c1-2-20-15(19)11-8-17-13-9-4-3-7-16-12(9)6-5-10(13)14(11)18/h3-8,16H,2H2,1H3. The lowest BCUT2D eigenvalue weighted by Gasteiger charge is -2.05. The predicted molar refractivity (Wildman–Crippen MR) is 75.8 cm³/mol. The van der Waals surface area contributed by atoms with Gasteiger partial charge in [0.1, 0.15) is 5.56 Å². The molecule has 0 spiro atoms. The Bertz CT molecular complexity index is 868. The summed E-state index contributed by atoms with van der Waals surface area (Å²) in [5.41, 5.74) is 1.09. The van der Waals surface area contributed by atoms with E-state index in [0.29, 0.717) is 10.9 Å². The van der Waals surface area contributed by atoms with E-state index in [-0.39, 0.29) is 17.6 Å². The first-order valence-electron chi connectivity index (χ1n) is 6.28. The third kappa shape index (κ3) is 1.84. The molecular formula is C15H12N2O3. The quantitative estimate of drug-likeness (QED) is 0.571. The molecule has 2 aromatic heterocycles. The van der Waals surface area contributed by atoms with Gasteiger partial charge < -0.3 is 9.72 Å². The lowest BCUT2D eigenvalue weighted by atomic mass is 10.1. The van der Waals surface area contributed by atoms with Gasteiger partial charge in [0, 0.05) is 28.7 Å². The van der Waals surface area contributed by atoms with Crippen LogP contribution in [-0.4, -0.2) is 22.5 Å². The Kier molecular flexibility index (Phi) is 2.95. The summed E-state index contributed by atoms with van der Waals surface area (Å²) in [6, 6.07) is 7.19. The maximum absolute atomic E-state index is 12.3. The molecule has 0 radical (unpaired) electrons. The molecule has 0 unspecified atom stereocenters. The van der Waals surface area contributed by atoms with Crippen molar-refractivity contribution < 1.29 is 9.53 Å². The van der Waals surface area contributed by atoms with Gasteiger partial charge in [0.2, 0.25) is 5.43 Å². The van der Waals surface area contributed by atoms with Crippen LogP contribution in [0.3, 0.4) is 0 Å². The van der Waals surface area contributed by atoms with Crippen molar-refractivity contribution in [2.75, 3.05) is 6.61 Å². The number of H-pyrrole nitrogens is 1. The SMILES string of the molecule is CCOC(=O)c1cnc2c(ccc3[nH]cccc32)c1=O. The normalized spacial score (nSPS) is 10.8. The maximum Gasteiger partial charge on any atom is 0.343 e. The van der Waals surface area contributed by atoms with Crippen molar-refractivity contribution >= 4 is 27.8 Å². The number of rotatable bonds is 2. The smallest absolute Gasteiger partial charge is 0.343 e. The molecule has 3 rings (SSSR count). The van der Waals surface area contributed by atoms with Crippen molar-refractivity contribution in [3.63, 3.8) is 0 Å². The highest BCUT2D eigenvalue weighted by atomic mass is 16.5. The molecule has 5 nitrogen and oxygen atoms in total. The monoisotopic (exact) mass is 268 g/mol. The third-order valence-electron chi connectivity index (χ3n) is 3.12. The van der Waals surface area contributed by atoms with Crippen LogP contribution in [0.4, 0.5) is 0 Å². The fraction of sp³-hybridized carbons (Fsp3) is 0.133. The molecule has 0 aliphatic heterocycles. The van der Waals surface area contributed by atoms with Crippen LogP contribution in [0.25, 0.3) is 21.8 Å². The minimum absolute atomic E-state index is 0.0291. The van der Waals surface area contributed by atoms with Gasteiger partial charge in [0.25, 0.3) is 0 Å². The highest BCUT2D eigenvalue weighted by Crippen LogP contribution is 2.20. The fourth-order valence-corrected chi connectivity index (χ4v) is 2.19. The van der Waals surface area contributed by atoms with Gasteiger partial charge >= 0.3 is 5.97 Å². The second-order valence-corrected chi connectivity index (χ2v) is 4.31. The molecule has 1 N–H and O–H groups in total. The molecule has 100 valence electrons. The molecule has 0 fully saturated rings. The number of aromatic amines is 1. The molecule has 0 amide bonds. The van der Waals surface area contributed by atoms with E-state index in [1.165, 1.54) is 6.20 Å². The lowest BCUT2D eigenvalue weighted by molar-refractivity contribution is 0.0524. The van der Waals surface area contributed by atoms with Crippen molar-refractivity contribution in [2.45, 2.75) is 6.92 Å². The zero-order chi connectivity index (χ0) is 14.1. The van der Waals surface area contributed by atoms with Gasteiger partial charge in [-0.15, -0.1) is 0 Å². The topological polar surface area (TPSA) is 72.0 Å². The number of nitrogens with one attached hydrogen (secondary N) is 1. The number of nitrogens with zero attached hydrogens (tertiary/aromatic N) is 1. The Labute approximate surface area is 114 Å². The average Bonchev–Trinajstić information content (AvgIpc) is 2.47. The zero-order valence-electron chi connectivity index (χ0n) is 10.8. The van der Waals surface area contributed by atoms with Crippen LogP contribution < -0.4 is 5.43 Å². The largest absolute Gasteiger partial charge is 0.462 e. The van der Waals surface area contributed by atoms with Crippen LogP contribution in [0, 0.1) is 0 Å². The van der Waals surface area contributed by atoms with Gasteiger partial charge in [-0.2, -0.15) is 0 Å². The zero-order valence-corrected chi connectivity index (χ0v) is 10.8. The Balaban J connectivity index is 2.32. The van der Waals surface area contributed by atoms with Gasteiger partial charge in [-0.1, -0.05) is 0 Å². The summed E-state index contributed by atoms with van der Waals surface area (Å²) in [7, 11) is 0. The van der Waals surface area contributed by atoms with Gasteiger partial charge in [-0.25, -0.2) is 4.79 Å². The van der Waals surface area contributed by atoms with Crippen LogP contribution >= 0.6 is 0 Å². The Morgan fingerprint density at radius 2 is 2.15 bits per heavy atom. The number of carbonyl (C=O) groups is 1. The van der Waals surface area contributed by atoms with E-state index in [0.717, 1.165) is 10.9 Å². The summed E-state index contributed by atoms with van der Waals surface area (Å²) in [5.74, 6) is -0.633. The van der Waals surface area contributed by atoms with Crippen LogP contribution in [0.15, 0.2) is 41.5 Å². The summed E-state index contributed by atoms with van der Waals surface area (Å²) in [5, 5.41) is 1.26. The molecule has 0 aliphatic carbocycles. The summed E-state index contributed by atoms with van der Waals surface area (Å²) in [6.07, 6.45) is 3.09. The first kappa shape index (κ1) is 12.3.